The summed E-state index contributed by atoms with van der Waals surface area (Å²) in [5, 5.41) is 5.08. The minimum atomic E-state index is -0.139. The fourth-order valence-corrected chi connectivity index (χ4v) is 3.63. The number of nitrogens with zero attached hydrogens (tertiary/aromatic N) is 4. The Morgan fingerprint density at radius 3 is 2.65 bits per heavy atom. The van der Waals surface area contributed by atoms with Crippen molar-refractivity contribution in [2.24, 2.45) is 5.10 Å². The number of aromatic nitrogens is 3. The quantitative estimate of drug-likeness (QED) is 0.579. The summed E-state index contributed by atoms with van der Waals surface area (Å²) in [7, 11) is 0. The highest BCUT2D eigenvalue weighted by molar-refractivity contribution is 9.10. The van der Waals surface area contributed by atoms with E-state index in [1.165, 1.54) is 10.4 Å². The Hall–Kier alpha value is -2.21. The van der Waals surface area contributed by atoms with Crippen molar-refractivity contribution in [1.82, 2.24) is 14.2 Å². The summed E-state index contributed by atoms with van der Waals surface area (Å²) in [5.41, 5.74) is 3.93. The predicted octanol–water partition coefficient (Wildman–Crippen LogP) is 4.43. The Balaban J connectivity index is 2.15. The van der Waals surface area contributed by atoms with Crippen molar-refractivity contribution in [1.29, 1.82) is 0 Å². The molecule has 0 aliphatic rings. The Morgan fingerprint density at radius 1 is 1.23 bits per heavy atom. The van der Waals surface area contributed by atoms with Crippen LogP contribution in [0, 0.1) is 13.8 Å². The molecule has 0 aliphatic heterocycles. The third-order valence-electron chi connectivity index (χ3n) is 4.59. The van der Waals surface area contributed by atoms with Gasteiger partial charge in [0.1, 0.15) is 5.82 Å². The van der Waals surface area contributed by atoms with Gasteiger partial charge in [0.2, 0.25) is 0 Å². The Morgan fingerprint density at radius 2 is 2.00 bits per heavy atom. The van der Waals surface area contributed by atoms with Gasteiger partial charge in [0.05, 0.1) is 17.1 Å². The first-order chi connectivity index (χ1) is 12.5. The second kappa shape index (κ2) is 7.58. The first kappa shape index (κ1) is 18.6. The Kier molecular flexibility index (Phi) is 5.41. The molecule has 0 unspecified atom stereocenters. The van der Waals surface area contributed by atoms with Gasteiger partial charge in [-0.1, -0.05) is 22.9 Å². The lowest BCUT2D eigenvalue weighted by atomic mass is 10.2. The summed E-state index contributed by atoms with van der Waals surface area (Å²) < 4.78 is 4.53. The first-order valence-corrected chi connectivity index (χ1v) is 9.67. The monoisotopic (exact) mass is 414 g/mol. The molecule has 0 amide bonds. The molecule has 0 saturated heterocycles. The SMILES string of the molecule is CCCc1nc2ccc(Br)cc2c(=O)n1N=Cc1cc(C)n(CC)c1C. The number of benzene rings is 1. The molecule has 3 aromatic rings. The van der Waals surface area contributed by atoms with Gasteiger partial charge in [-0.2, -0.15) is 9.78 Å². The van der Waals surface area contributed by atoms with Gasteiger partial charge < -0.3 is 4.57 Å². The molecule has 0 spiro atoms. The van der Waals surface area contributed by atoms with Crippen molar-refractivity contribution in [3.63, 3.8) is 0 Å². The van der Waals surface area contributed by atoms with Crippen molar-refractivity contribution in [2.75, 3.05) is 0 Å². The maximum atomic E-state index is 13.0. The van der Waals surface area contributed by atoms with Gasteiger partial charge in [0.25, 0.3) is 5.56 Å². The van der Waals surface area contributed by atoms with Crippen LogP contribution in [0.3, 0.4) is 0 Å². The van der Waals surface area contributed by atoms with E-state index in [4.69, 9.17) is 0 Å². The molecular formula is C20H23BrN4O. The number of aryl methyl sites for hydroxylation is 2. The second-order valence-corrected chi connectivity index (χ2v) is 7.29. The molecule has 0 bridgehead atoms. The lowest BCUT2D eigenvalue weighted by Crippen LogP contribution is -2.22. The number of fused-ring (bicyclic) bond motifs is 1. The molecule has 0 atom stereocenters. The van der Waals surface area contributed by atoms with Crippen molar-refractivity contribution in [3.05, 3.63) is 61.9 Å². The molecule has 0 N–H and O–H groups in total. The molecule has 136 valence electrons. The maximum absolute atomic E-state index is 13.0. The molecule has 0 fully saturated rings. The topological polar surface area (TPSA) is 52.2 Å². The zero-order chi connectivity index (χ0) is 18.8. The number of hydrogen-bond donors (Lipinski definition) is 0. The Bertz CT molecular complexity index is 1050. The molecular weight excluding hydrogens is 392 g/mol. The van der Waals surface area contributed by atoms with E-state index in [2.05, 4.69) is 64.3 Å². The normalized spacial score (nSPS) is 11.7. The van der Waals surface area contributed by atoms with Gasteiger partial charge >= 0.3 is 0 Å². The zero-order valence-electron chi connectivity index (χ0n) is 15.6. The highest BCUT2D eigenvalue weighted by Gasteiger charge is 2.11. The van der Waals surface area contributed by atoms with Gasteiger partial charge in [-0.05, 0) is 51.5 Å². The molecule has 26 heavy (non-hydrogen) atoms. The molecule has 0 saturated carbocycles. The van der Waals surface area contributed by atoms with Crippen molar-refractivity contribution in [3.8, 4) is 0 Å². The molecule has 0 aliphatic carbocycles. The van der Waals surface area contributed by atoms with E-state index in [0.29, 0.717) is 23.1 Å². The summed E-state index contributed by atoms with van der Waals surface area (Å²) in [6.45, 7) is 9.26. The van der Waals surface area contributed by atoms with E-state index in [1.54, 1.807) is 12.3 Å². The van der Waals surface area contributed by atoms with Crippen LogP contribution >= 0.6 is 15.9 Å². The number of hydrogen-bond acceptors (Lipinski definition) is 3. The number of rotatable bonds is 5. The van der Waals surface area contributed by atoms with Gasteiger partial charge in [-0.3, -0.25) is 4.79 Å². The fraction of sp³-hybridized carbons (Fsp3) is 0.350. The highest BCUT2D eigenvalue weighted by atomic mass is 79.9. The molecule has 0 radical (unpaired) electrons. The fourth-order valence-electron chi connectivity index (χ4n) is 3.26. The highest BCUT2D eigenvalue weighted by Crippen LogP contribution is 2.17. The van der Waals surface area contributed by atoms with E-state index in [9.17, 15) is 4.79 Å². The van der Waals surface area contributed by atoms with Crippen LogP contribution in [0.2, 0.25) is 0 Å². The molecule has 2 aromatic heterocycles. The van der Waals surface area contributed by atoms with Crippen LogP contribution in [0.1, 0.15) is 43.0 Å². The average molecular weight is 415 g/mol. The van der Waals surface area contributed by atoms with Crippen molar-refractivity contribution < 1.29 is 0 Å². The van der Waals surface area contributed by atoms with Crippen LogP contribution in [-0.2, 0) is 13.0 Å². The summed E-state index contributed by atoms with van der Waals surface area (Å²) in [5.74, 6) is 0.688. The van der Waals surface area contributed by atoms with E-state index >= 15 is 0 Å². The lowest BCUT2D eigenvalue weighted by molar-refractivity contribution is 0.703. The van der Waals surface area contributed by atoms with Crippen LogP contribution in [0.15, 0.2) is 38.6 Å². The van der Waals surface area contributed by atoms with E-state index < -0.39 is 0 Å². The van der Waals surface area contributed by atoms with E-state index in [1.807, 2.05) is 12.1 Å². The minimum absolute atomic E-state index is 0.139. The van der Waals surface area contributed by atoms with Crippen LogP contribution in [-0.4, -0.2) is 20.4 Å². The molecule has 1 aromatic carbocycles. The van der Waals surface area contributed by atoms with Gasteiger partial charge in [0.15, 0.2) is 0 Å². The first-order valence-electron chi connectivity index (χ1n) is 8.88. The van der Waals surface area contributed by atoms with E-state index in [-0.39, 0.29) is 5.56 Å². The molecule has 2 heterocycles. The average Bonchev–Trinajstić information content (AvgIpc) is 2.88. The predicted molar refractivity (Wildman–Crippen MR) is 110 cm³/mol. The zero-order valence-corrected chi connectivity index (χ0v) is 17.2. The maximum Gasteiger partial charge on any atom is 0.282 e. The third kappa shape index (κ3) is 3.38. The van der Waals surface area contributed by atoms with E-state index in [0.717, 1.165) is 28.7 Å². The largest absolute Gasteiger partial charge is 0.349 e. The van der Waals surface area contributed by atoms with Crippen LogP contribution in [0.4, 0.5) is 0 Å². The molecule has 5 nitrogen and oxygen atoms in total. The summed E-state index contributed by atoms with van der Waals surface area (Å²) in [6, 6.07) is 7.66. The second-order valence-electron chi connectivity index (χ2n) is 6.37. The minimum Gasteiger partial charge on any atom is -0.349 e. The van der Waals surface area contributed by atoms with Crippen LogP contribution in [0.25, 0.3) is 10.9 Å². The smallest absolute Gasteiger partial charge is 0.282 e. The van der Waals surface area contributed by atoms with Gasteiger partial charge in [0, 0.05) is 34.4 Å². The Labute approximate surface area is 161 Å². The van der Waals surface area contributed by atoms with Crippen molar-refractivity contribution in [2.45, 2.75) is 47.1 Å². The standard InChI is InChI=1S/C20H23BrN4O/c1-5-7-19-23-18-9-8-16(21)11-17(18)20(26)25(19)22-12-15-10-13(3)24(6-2)14(15)4/h8-12H,5-7H2,1-4H3. The van der Waals surface area contributed by atoms with Crippen molar-refractivity contribution >= 4 is 33.0 Å². The van der Waals surface area contributed by atoms with Crippen LogP contribution < -0.4 is 5.56 Å². The molecule has 3 rings (SSSR count). The summed E-state index contributed by atoms with van der Waals surface area (Å²) >= 11 is 3.43. The molecule has 6 heteroatoms. The van der Waals surface area contributed by atoms with Gasteiger partial charge in [-0.15, -0.1) is 0 Å². The third-order valence-corrected chi connectivity index (χ3v) is 5.08. The lowest BCUT2D eigenvalue weighted by Gasteiger charge is -2.08. The number of halogens is 1. The van der Waals surface area contributed by atoms with Gasteiger partial charge in [-0.25, -0.2) is 4.98 Å². The summed E-state index contributed by atoms with van der Waals surface area (Å²) in [6.07, 6.45) is 3.36. The van der Waals surface area contributed by atoms with Crippen LogP contribution in [0.5, 0.6) is 0 Å². The summed E-state index contributed by atoms with van der Waals surface area (Å²) in [4.78, 5) is 17.7.